The summed E-state index contributed by atoms with van der Waals surface area (Å²) in [6.45, 7) is 1.91. The number of nitrogens with zero attached hydrogens (tertiary/aromatic N) is 10. The van der Waals surface area contributed by atoms with Gasteiger partial charge in [0.25, 0.3) is 18.3 Å². The van der Waals surface area contributed by atoms with Crippen molar-refractivity contribution in [2.75, 3.05) is 54.9 Å². The number of rotatable bonds is 10. The first kappa shape index (κ1) is 42.5. The predicted octanol–water partition coefficient (Wildman–Crippen LogP) is 5.70. The maximum absolute atomic E-state index is 16.2. The second-order valence-electron chi connectivity index (χ2n) is 17.6. The van der Waals surface area contributed by atoms with E-state index in [-0.39, 0.29) is 42.5 Å². The summed E-state index contributed by atoms with van der Waals surface area (Å²) in [5.41, 5.74) is 0.762. The van der Waals surface area contributed by atoms with E-state index in [2.05, 4.69) is 25.7 Å². The Bertz CT molecular complexity index is 2590. The molecule has 20 heteroatoms. The van der Waals surface area contributed by atoms with Crippen LogP contribution in [0.4, 0.5) is 34.8 Å². The normalized spacial score (nSPS) is 23.5. The summed E-state index contributed by atoms with van der Waals surface area (Å²) in [6.07, 6.45) is 9.04. The van der Waals surface area contributed by atoms with Gasteiger partial charge >= 0.3 is 5.69 Å². The fourth-order valence-electron chi connectivity index (χ4n) is 10.2. The molecule has 3 saturated heterocycles. The van der Waals surface area contributed by atoms with Gasteiger partial charge in [0.15, 0.2) is 11.3 Å². The SMILES string of the molecule is CN(C[C@H]1CC[C@H](n2cc(NC(=O)c3cnn4ccc(N5CCCCCC5)nc34)c(C(F)F)n2)CC1)C1CCN(c2cccc3c2n(C)c(=O)n3C2CCC(=O)NC2=O)CC1(F)F. The maximum Gasteiger partial charge on any atom is 0.329 e. The molecule has 4 aliphatic rings. The van der Waals surface area contributed by atoms with Gasteiger partial charge in [-0.25, -0.2) is 31.9 Å². The van der Waals surface area contributed by atoms with Crippen molar-refractivity contribution >= 4 is 51.6 Å². The number of imidazole rings is 1. The Morgan fingerprint density at radius 1 is 0.984 bits per heavy atom. The van der Waals surface area contributed by atoms with Crippen LogP contribution in [0, 0.1) is 5.92 Å². The van der Waals surface area contributed by atoms with E-state index in [0.29, 0.717) is 61.1 Å². The van der Waals surface area contributed by atoms with E-state index in [1.54, 1.807) is 48.3 Å². The van der Waals surface area contributed by atoms with Crippen LogP contribution in [0.2, 0.25) is 0 Å². The van der Waals surface area contributed by atoms with Gasteiger partial charge in [-0.2, -0.15) is 10.2 Å². The molecule has 16 nitrogen and oxygen atoms in total. The summed E-state index contributed by atoms with van der Waals surface area (Å²) in [6, 6.07) is 4.82. The topological polar surface area (TPSA) is 160 Å². The predicted molar refractivity (Wildman–Crippen MR) is 227 cm³/mol. The van der Waals surface area contributed by atoms with Gasteiger partial charge in [-0.15, -0.1) is 0 Å². The highest BCUT2D eigenvalue weighted by Gasteiger charge is 2.47. The molecule has 2 N–H and O–H groups in total. The quantitative estimate of drug-likeness (QED) is 0.132. The summed E-state index contributed by atoms with van der Waals surface area (Å²) < 4.78 is 66.7. The van der Waals surface area contributed by atoms with Crippen molar-refractivity contribution in [2.24, 2.45) is 13.0 Å². The first-order valence-electron chi connectivity index (χ1n) is 21.9. The second kappa shape index (κ2) is 17.1. The van der Waals surface area contributed by atoms with Crippen LogP contribution in [0.1, 0.15) is 105 Å². The Balaban J connectivity index is 0.827. The summed E-state index contributed by atoms with van der Waals surface area (Å²) in [5, 5.41) is 13.4. The standard InChI is InChI=1S/C43H52F4N12O4/c1-53(33-16-20-56(25-43(33,46)47)30-8-7-9-31-37(30)54(2)42(63)59(31)32-14-15-35(60)51-41(32)62)23-26-10-12-27(13-11-26)58-24-29(36(52-58)38(44)45)49-40(61)28-22-48-57-21-17-34(50-39(28)57)55-18-5-3-4-6-19-55/h7-9,17,21-22,24,26-27,32-33,38H,3-6,10-16,18-20,23,25H2,1-2H3,(H,49,61)(H,51,60,62)/t26-,27-,32?,33?. The van der Waals surface area contributed by atoms with Gasteiger partial charge in [-0.3, -0.25) is 38.4 Å². The molecule has 9 rings (SSSR count). The zero-order valence-electron chi connectivity index (χ0n) is 35.4. The molecule has 1 saturated carbocycles. The van der Waals surface area contributed by atoms with Crippen molar-refractivity contribution in [2.45, 2.75) is 101 Å². The van der Waals surface area contributed by atoms with Gasteiger partial charge in [0.05, 0.1) is 47.2 Å². The Hall–Kier alpha value is -5.79. The third kappa shape index (κ3) is 8.17. The number of amides is 3. The van der Waals surface area contributed by atoms with E-state index in [1.807, 2.05) is 6.07 Å². The van der Waals surface area contributed by atoms with Crippen LogP contribution in [-0.4, -0.2) is 108 Å². The highest BCUT2D eigenvalue weighted by Crippen LogP contribution is 2.39. The van der Waals surface area contributed by atoms with Crippen molar-refractivity contribution in [3.63, 3.8) is 0 Å². The second-order valence-corrected chi connectivity index (χ2v) is 17.6. The van der Waals surface area contributed by atoms with Gasteiger partial charge in [0.1, 0.15) is 17.4 Å². The number of aromatic nitrogens is 7. The molecule has 336 valence electrons. The lowest BCUT2D eigenvalue weighted by molar-refractivity contribution is -0.135. The number of halogens is 4. The number of hydrogen-bond acceptors (Lipinski definition) is 10. The molecule has 1 aliphatic carbocycles. The van der Waals surface area contributed by atoms with Crippen molar-refractivity contribution < 1.29 is 31.9 Å². The van der Waals surface area contributed by atoms with Crippen LogP contribution < -0.4 is 26.1 Å². The lowest BCUT2D eigenvalue weighted by atomic mass is 9.85. The fraction of sp³-hybridized carbons (Fsp3) is 0.558. The maximum atomic E-state index is 16.2. The molecule has 4 fully saturated rings. The van der Waals surface area contributed by atoms with Crippen LogP contribution >= 0.6 is 0 Å². The zero-order chi connectivity index (χ0) is 44.2. The lowest BCUT2D eigenvalue weighted by Gasteiger charge is -2.44. The molecule has 63 heavy (non-hydrogen) atoms. The number of fused-ring (bicyclic) bond motifs is 2. The summed E-state index contributed by atoms with van der Waals surface area (Å²) in [5.74, 6) is -3.85. The number of imide groups is 1. The highest BCUT2D eigenvalue weighted by molar-refractivity contribution is 6.08. The molecule has 4 aromatic heterocycles. The molecule has 3 amide bonds. The Morgan fingerprint density at radius 2 is 1.75 bits per heavy atom. The van der Waals surface area contributed by atoms with Crippen LogP contribution in [0.15, 0.2) is 47.7 Å². The number of anilines is 3. The molecular formula is C43H52F4N12O4. The van der Waals surface area contributed by atoms with Crippen molar-refractivity contribution in [1.29, 1.82) is 0 Å². The van der Waals surface area contributed by atoms with E-state index >= 15 is 8.78 Å². The number of hydrogen-bond donors (Lipinski definition) is 2. The van der Waals surface area contributed by atoms with Crippen molar-refractivity contribution in [3.8, 4) is 0 Å². The van der Waals surface area contributed by atoms with Gasteiger partial charge in [-0.05, 0) is 82.5 Å². The zero-order valence-corrected chi connectivity index (χ0v) is 35.4. The smallest absolute Gasteiger partial charge is 0.329 e. The fourth-order valence-corrected chi connectivity index (χ4v) is 10.2. The minimum absolute atomic E-state index is 0.0844. The molecule has 7 heterocycles. The van der Waals surface area contributed by atoms with Crippen LogP contribution in [0.3, 0.4) is 0 Å². The summed E-state index contributed by atoms with van der Waals surface area (Å²) >= 11 is 0. The largest absolute Gasteiger partial charge is 0.364 e. The molecule has 5 aromatic rings. The number of piperidine rings is 2. The Kier molecular flexibility index (Phi) is 11.5. The Morgan fingerprint density at radius 3 is 2.46 bits per heavy atom. The molecular weight excluding hydrogens is 825 g/mol. The van der Waals surface area contributed by atoms with Gasteiger partial charge < -0.3 is 15.1 Å². The molecule has 2 unspecified atom stereocenters. The summed E-state index contributed by atoms with van der Waals surface area (Å²) in [7, 11) is 3.27. The third-order valence-corrected chi connectivity index (χ3v) is 13.5. The number of alkyl halides is 4. The van der Waals surface area contributed by atoms with E-state index in [1.165, 1.54) is 30.7 Å². The number of carbonyl (C=O) groups is 3. The minimum atomic E-state index is -3.10. The third-order valence-electron chi connectivity index (χ3n) is 13.5. The van der Waals surface area contributed by atoms with E-state index in [9.17, 15) is 28.0 Å². The van der Waals surface area contributed by atoms with Crippen LogP contribution in [-0.2, 0) is 16.6 Å². The van der Waals surface area contributed by atoms with Gasteiger partial charge in [0.2, 0.25) is 11.8 Å². The van der Waals surface area contributed by atoms with Crippen molar-refractivity contribution in [1.82, 2.24) is 43.7 Å². The molecule has 3 aliphatic heterocycles. The van der Waals surface area contributed by atoms with Crippen LogP contribution in [0.25, 0.3) is 16.7 Å². The summed E-state index contributed by atoms with van der Waals surface area (Å²) in [4.78, 5) is 61.8. The minimum Gasteiger partial charge on any atom is -0.364 e. The average molecular weight is 877 g/mol. The van der Waals surface area contributed by atoms with Gasteiger partial charge in [0, 0.05) is 52.0 Å². The number of carbonyl (C=O) groups excluding carboxylic acids is 3. The lowest BCUT2D eigenvalue weighted by Crippen LogP contribution is -2.58. The Labute approximate surface area is 360 Å². The van der Waals surface area contributed by atoms with Crippen LogP contribution in [0.5, 0.6) is 0 Å². The van der Waals surface area contributed by atoms with Crippen molar-refractivity contribution in [3.05, 3.63) is 64.6 Å². The first-order chi connectivity index (χ1) is 30.3. The highest BCUT2D eigenvalue weighted by atomic mass is 19.3. The number of benzene rings is 1. The van der Waals surface area contributed by atoms with E-state index < -0.39 is 60.1 Å². The average Bonchev–Trinajstić information content (AvgIpc) is 3.87. The molecule has 0 bridgehead atoms. The number of aryl methyl sites for hydroxylation is 1. The molecule has 0 radical (unpaired) electrons. The molecule has 0 spiro atoms. The van der Waals surface area contributed by atoms with E-state index in [4.69, 9.17) is 4.98 Å². The van der Waals surface area contributed by atoms with E-state index in [0.717, 1.165) is 44.6 Å². The molecule has 2 atom stereocenters. The number of nitrogens with one attached hydrogen (secondary N) is 2. The first-order valence-corrected chi connectivity index (χ1v) is 21.9. The number of para-hydroxylation sites is 1. The monoisotopic (exact) mass is 876 g/mol. The molecule has 1 aromatic carbocycles. The van der Waals surface area contributed by atoms with Gasteiger partial charge in [-0.1, -0.05) is 18.9 Å².